The van der Waals surface area contributed by atoms with E-state index in [0.29, 0.717) is 24.3 Å². The van der Waals surface area contributed by atoms with Gasteiger partial charge in [-0.3, -0.25) is 9.97 Å². The maximum Gasteiger partial charge on any atom is 0.0889 e. The van der Waals surface area contributed by atoms with Gasteiger partial charge in [0.05, 0.1) is 23.2 Å². The van der Waals surface area contributed by atoms with Crippen LogP contribution in [0.2, 0.25) is 0 Å². The van der Waals surface area contributed by atoms with Crippen LogP contribution < -0.4 is 5.32 Å². The Hall–Kier alpha value is -1.56. The minimum Gasteiger partial charge on any atom is -0.391 e. The fourth-order valence-corrected chi connectivity index (χ4v) is 4.18. The SMILES string of the molecule is CC(O)C(O)CCC1NCC2CC1c1cc3nccnc3cc12. The van der Waals surface area contributed by atoms with E-state index in [9.17, 15) is 10.2 Å². The lowest BCUT2D eigenvalue weighted by molar-refractivity contribution is 0.0224. The molecule has 1 saturated heterocycles. The van der Waals surface area contributed by atoms with E-state index in [2.05, 4.69) is 27.4 Å². The summed E-state index contributed by atoms with van der Waals surface area (Å²) in [7, 11) is 0. The van der Waals surface area contributed by atoms with Gasteiger partial charge >= 0.3 is 0 Å². The van der Waals surface area contributed by atoms with Crippen LogP contribution in [0.1, 0.15) is 49.1 Å². The number of benzene rings is 1. The van der Waals surface area contributed by atoms with E-state index >= 15 is 0 Å². The van der Waals surface area contributed by atoms with E-state index in [-0.39, 0.29) is 0 Å². The number of aliphatic hydroxyl groups excluding tert-OH is 2. The van der Waals surface area contributed by atoms with Crippen molar-refractivity contribution in [3.05, 3.63) is 35.7 Å². The van der Waals surface area contributed by atoms with Gasteiger partial charge in [-0.2, -0.15) is 0 Å². The lowest BCUT2D eigenvalue weighted by Crippen LogP contribution is -2.40. The number of nitrogens with zero attached hydrogens (tertiary/aromatic N) is 2. The Morgan fingerprint density at radius 2 is 1.87 bits per heavy atom. The highest BCUT2D eigenvalue weighted by molar-refractivity contribution is 5.77. The number of fused-ring (bicyclic) bond motifs is 6. The van der Waals surface area contributed by atoms with Crippen molar-refractivity contribution in [3.8, 4) is 0 Å². The molecule has 5 heteroatoms. The second-order valence-corrected chi connectivity index (χ2v) is 6.97. The molecular weight excluding hydrogens is 290 g/mol. The molecule has 1 aromatic heterocycles. The molecule has 1 fully saturated rings. The van der Waals surface area contributed by atoms with Crippen molar-refractivity contribution in [2.45, 2.75) is 56.3 Å². The van der Waals surface area contributed by atoms with E-state index in [0.717, 1.165) is 30.4 Å². The van der Waals surface area contributed by atoms with Gasteiger partial charge in [-0.1, -0.05) is 0 Å². The van der Waals surface area contributed by atoms with Crippen molar-refractivity contribution in [3.63, 3.8) is 0 Å². The fraction of sp³-hybridized carbons (Fsp3) is 0.556. The summed E-state index contributed by atoms with van der Waals surface area (Å²) in [5.74, 6) is 1.02. The van der Waals surface area contributed by atoms with E-state index in [1.165, 1.54) is 11.1 Å². The molecule has 5 unspecified atom stereocenters. The van der Waals surface area contributed by atoms with Crippen molar-refractivity contribution in [1.82, 2.24) is 15.3 Å². The molecule has 0 saturated carbocycles. The van der Waals surface area contributed by atoms with Gasteiger partial charge in [0.15, 0.2) is 0 Å². The van der Waals surface area contributed by atoms with Gasteiger partial charge < -0.3 is 15.5 Å². The van der Waals surface area contributed by atoms with Gasteiger partial charge in [-0.15, -0.1) is 0 Å². The first-order valence-corrected chi connectivity index (χ1v) is 8.47. The molecule has 0 spiro atoms. The molecule has 3 N–H and O–H groups in total. The highest BCUT2D eigenvalue weighted by Crippen LogP contribution is 2.47. The summed E-state index contributed by atoms with van der Waals surface area (Å²) in [4.78, 5) is 8.87. The number of nitrogens with one attached hydrogen (secondary N) is 1. The normalized spacial score (nSPS) is 28.6. The average molecular weight is 313 g/mol. The summed E-state index contributed by atoms with van der Waals surface area (Å²) >= 11 is 0. The molecule has 2 aliphatic rings. The van der Waals surface area contributed by atoms with Crippen LogP contribution in [-0.4, -0.2) is 45.0 Å². The van der Waals surface area contributed by atoms with E-state index in [1.54, 1.807) is 19.3 Å². The lowest BCUT2D eigenvalue weighted by atomic mass is 9.86. The fourth-order valence-electron chi connectivity index (χ4n) is 4.18. The van der Waals surface area contributed by atoms with Crippen LogP contribution in [0.5, 0.6) is 0 Å². The average Bonchev–Trinajstić information content (AvgIpc) is 2.84. The predicted molar refractivity (Wildman–Crippen MR) is 88.3 cm³/mol. The summed E-state index contributed by atoms with van der Waals surface area (Å²) in [6.07, 6.45) is 4.84. The van der Waals surface area contributed by atoms with Crippen LogP contribution in [0.25, 0.3) is 11.0 Å². The van der Waals surface area contributed by atoms with Crippen LogP contribution in [0.15, 0.2) is 24.5 Å². The molecule has 5 atom stereocenters. The molecule has 2 bridgehead atoms. The molecule has 1 aromatic carbocycles. The second kappa shape index (κ2) is 5.82. The third kappa shape index (κ3) is 2.63. The van der Waals surface area contributed by atoms with Gasteiger partial charge in [0, 0.05) is 30.9 Å². The summed E-state index contributed by atoms with van der Waals surface area (Å²) in [6.45, 7) is 2.62. The molecule has 2 aromatic rings. The Bertz CT molecular complexity index is 718. The third-order valence-corrected chi connectivity index (χ3v) is 5.49. The second-order valence-electron chi connectivity index (χ2n) is 6.97. The highest BCUT2D eigenvalue weighted by atomic mass is 16.3. The Morgan fingerprint density at radius 3 is 2.57 bits per heavy atom. The van der Waals surface area contributed by atoms with E-state index in [4.69, 9.17) is 0 Å². The molecule has 122 valence electrons. The number of aliphatic hydroxyl groups is 2. The zero-order valence-corrected chi connectivity index (χ0v) is 13.3. The maximum atomic E-state index is 9.87. The molecule has 0 radical (unpaired) electrons. The molecule has 4 rings (SSSR count). The van der Waals surface area contributed by atoms with Crippen LogP contribution >= 0.6 is 0 Å². The minimum absolute atomic E-state index is 0.357. The molecule has 1 aliphatic carbocycles. The Kier molecular flexibility index (Phi) is 3.79. The first kappa shape index (κ1) is 15.0. The third-order valence-electron chi connectivity index (χ3n) is 5.49. The van der Waals surface area contributed by atoms with Crippen molar-refractivity contribution in [2.75, 3.05) is 6.54 Å². The number of piperidine rings is 1. The van der Waals surface area contributed by atoms with Crippen LogP contribution in [-0.2, 0) is 0 Å². The largest absolute Gasteiger partial charge is 0.391 e. The number of hydrogen-bond acceptors (Lipinski definition) is 5. The quantitative estimate of drug-likeness (QED) is 0.801. The summed E-state index contributed by atoms with van der Waals surface area (Å²) in [5.41, 5.74) is 4.74. The first-order chi connectivity index (χ1) is 11.1. The van der Waals surface area contributed by atoms with Crippen LogP contribution in [0, 0.1) is 0 Å². The highest BCUT2D eigenvalue weighted by Gasteiger charge is 2.40. The van der Waals surface area contributed by atoms with Crippen molar-refractivity contribution >= 4 is 11.0 Å². The maximum absolute atomic E-state index is 9.87. The summed E-state index contributed by atoms with van der Waals surface area (Å²) < 4.78 is 0. The smallest absolute Gasteiger partial charge is 0.0889 e. The van der Waals surface area contributed by atoms with Crippen molar-refractivity contribution in [2.24, 2.45) is 0 Å². The standard InChI is InChI=1S/C18H23N3O2/c1-10(22)18(23)3-2-15-14-6-11(9-21-15)12-7-16-17(8-13(12)14)20-5-4-19-16/h4-5,7-8,10-11,14-15,18,21-23H,2-3,6,9H2,1H3. The van der Waals surface area contributed by atoms with Gasteiger partial charge in [-0.25, -0.2) is 0 Å². The lowest BCUT2D eigenvalue weighted by Gasteiger charge is -2.31. The topological polar surface area (TPSA) is 78.3 Å². The Morgan fingerprint density at radius 1 is 1.17 bits per heavy atom. The zero-order valence-electron chi connectivity index (χ0n) is 13.3. The molecule has 5 nitrogen and oxygen atoms in total. The zero-order chi connectivity index (χ0) is 16.0. The van der Waals surface area contributed by atoms with Crippen LogP contribution in [0.3, 0.4) is 0 Å². The van der Waals surface area contributed by atoms with Crippen LogP contribution in [0.4, 0.5) is 0 Å². The molecule has 0 amide bonds. The molecule has 2 heterocycles. The number of aromatic nitrogens is 2. The van der Waals surface area contributed by atoms with Gasteiger partial charge in [-0.05, 0) is 55.4 Å². The summed E-state index contributed by atoms with van der Waals surface area (Å²) in [6, 6.07) is 4.76. The van der Waals surface area contributed by atoms with E-state index < -0.39 is 12.2 Å². The van der Waals surface area contributed by atoms with Gasteiger partial charge in [0.2, 0.25) is 0 Å². The van der Waals surface area contributed by atoms with Gasteiger partial charge in [0.1, 0.15) is 0 Å². The van der Waals surface area contributed by atoms with Crippen molar-refractivity contribution in [1.29, 1.82) is 0 Å². The minimum atomic E-state index is -0.665. The summed E-state index contributed by atoms with van der Waals surface area (Å²) in [5, 5.41) is 23.0. The first-order valence-electron chi connectivity index (χ1n) is 8.47. The number of rotatable bonds is 4. The monoisotopic (exact) mass is 313 g/mol. The van der Waals surface area contributed by atoms with E-state index in [1.807, 2.05) is 0 Å². The predicted octanol–water partition coefficient (Wildman–Crippen LogP) is 1.69. The Balaban J connectivity index is 1.60. The Labute approximate surface area is 135 Å². The molecule has 23 heavy (non-hydrogen) atoms. The molecule has 1 aliphatic heterocycles. The molecular formula is C18H23N3O2. The number of hydrogen-bond donors (Lipinski definition) is 3. The van der Waals surface area contributed by atoms with Gasteiger partial charge in [0.25, 0.3) is 0 Å². The van der Waals surface area contributed by atoms with Crippen molar-refractivity contribution < 1.29 is 10.2 Å².